The van der Waals surface area contributed by atoms with Gasteiger partial charge in [-0.2, -0.15) is 0 Å². The Morgan fingerprint density at radius 2 is 2.05 bits per heavy atom. The Balaban J connectivity index is 0.00000176. The normalized spacial score (nSPS) is 22.7. The topological polar surface area (TPSA) is 33.2 Å². The second-order valence-electron chi connectivity index (χ2n) is 6.29. The highest BCUT2D eigenvalue weighted by molar-refractivity contribution is 6.17. The number of nitrogens with zero attached hydrogens (tertiary/aromatic N) is 2. The third-order valence-electron chi connectivity index (χ3n) is 4.85. The Labute approximate surface area is 143 Å². The maximum atomic E-state index is 12.9. The van der Waals surface area contributed by atoms with E-state index in [1.165, 1.54) is 19.3 Å². The Morgan fingerprint density at radius 1 is 1.27 bits per heavy atom. The molecular weight excluding hydrogens is 319 g/mol. The number of amides is 1. The average molecular weight is 343 g/mol. The van der Waals surface area contributed by atoms with Gasteiger partial charge in [-0.1, -0.05) is 19.3 Å². The number of fused-ring (bicyclic) bond motifs is 1. The Hall–Kier alpha value is -0.800. The van der Waals surface area contributed by atoms with Gasteiger partial charge in [-0.15, -0.1) is 24.0 Å². The van der Waals surface area contributed by atoms with Gasteiger partial charge in [0, 0.05) is 24.7 Å². The monoisotopic (exact) mass is 342 g/mol. The molecule has 5 heteroatoms. The van der Waals surface area contributed by atoms with Crippen LogP contribution < -0.4 is 0 Å². The van der Waals surface area contributed by atoms with Gasteiger partial charge < -0.3 is 4.90 Å². The van der Waals surface area contributed by atoms with E-state index in [0.717, 1.165) is 43.5 Å². The van der Waals surface area contributed by atoms with Crippen molar-refractivity contribution in [3.05, 3.63) is 29.6 Å². The third kappa shape index (κ3) is 3.75. The first-order chi connectivity index (χ1) is 10.3. The molecule has 0 bridgehead atoms. The number of rotatable bonds is 3. The van der Waals surface area contributed by atoms with Crippen LogP contribution in [0.2, 0.25) is 0 Å². The van der Waals surface area contributed by atoms with Crippen LogP contribution in [0, 0.1) is 5.92 Å². The van der Waals surface area contributed by atoms with Crippen LogP contribution in [0.1, 0.15) is 54.6 Å². The molecule has 1 saturated carbocycles. The highest BCUT2D eigenvalue weighted by Gasteiger charge is 2.32. The summed E-state index contributed by atoms with van der Waals surface area (Å²) in [5.74, 6) is 1.27. The maximum absolute atomic E-state index is 12.9. The van der Waals surface area contributed by atoms with Crippen LogP contribution in [-0.2, 0) is 6.42 Å². The van der Waals surface area contributed by atoms with Crippen molar-refractivity contribution in [2.45, 2.75) is 51.0 Å². The number of hydrogen-bond donors (Lipinski definition) is 0. The van der Waals surface area contributed by atoms with E-state index in [1.807, 2.05) is 12.1 Å². The molecule has 1 aromatic rings. The van der Waals surface area contributed by atoms with E-state index in [4.69, 9.17) is 11.6 Å². The van der Waals surface area contributed by atoms with Crippen LogP contribution in [0.3, 0.4) is 0 Å². The lowest BCUT2D eigenvalue weighted by Gasteiger charge is -2.35. The number of carbonyl (C=O) groups is 1. The first-order valence-electron chi connectivity index (χ1n) is 8.10. The van der Waals surface area contributed by atoms with Crippen molar-refractivity contribution >= 4 is 29.9 Å². The Bertz CT molecular complexity index is 503. The molecule has 1 unspecified atom stereocenters. The van der Waals surface area contributed by atoms with Crippen LogP contribution in [0.5, 0.6) is 0 Å². The fourth-order valence-corrected chi connectivity index (χ4v) is 4.01. The third-order valence-corrected chi connectivity index (χ3v) is 5.07. The van der Waals surface area contributed by atoms with Crippen LogP contribution >= 0.6 is 24.0 Å². The van der Waals surface area contributed by atoms with Gasteiger partial charge in [0.2, 0.25) is 0 Å². The first-order valence-corrected chi connectivity index (χ1v) is 8.64. The molecule has 1 amide bonds. The molecule has 0 spiro atoms. The molecule has 1 aliphatic carbocycles. The molecule has 2 aliphatic rings. The van der Waals surface area contributed by atoms with E-state index in [9.17, 15) is 4.79 Å². The summed E-state index contributed by atoms with van der Waals surface area (Å²) in [5.41, 5.74) is 1.76. The van der Waals surface area contributed by atoms with Gasteiger partial charge >= 0.3 is 0 Å². The molecule has 3 nitrogen and oxygen atoms in total. The summed E-state index contributed by atoms with van der Waals surface area (Å²) in [6.45, 7) is 0.840. The van der Waals surface area contributed by atoms with Crippen LogP contribution in [0.4, 0.5) is 0 Å². The largest absolute Gasteiger partial charge is 0.335 e. The van der Waals surface area contributed by atoms with Gasteiger partial charge in [-0.3, -0.25) is 9.78 Å². The van der Waals surface area contributed by atoms with Crippen LogP contribution in [0.25, 0.3) is 0 Å². The van der Waals surface area contributed by atoms with Gasteiger partial charge in [-0.05, 0) is 43.7 Å². The number of carbonyl (C=O) groups excluding carboxylic acids is 1. The molecule has 1 aliphatic heterocycles. The van der Waals surface area contributed by atoms with Crippen LogP contribution in [-0.4, -0.2) is 34.3 Å². The molecule has 2 heterocycles. The van der Waals surface area contributed by atoms with Crippen molar-refractivity contribution in [2.24, 2.45) is 5.92 Å². The lowest BCUT2D eigenvalue weighted by atomic mass is 9.93. The lowest BCUT2D eigenvalue weighted by molar-refractivity contribution is 0.0605. The molecule has 22 heavy (non-hydrogen) atoms. The van der Waals surface area contributed by atoms with Crippen molar-refractivity contribution < 1.29 is 4.79 Å². The van der Waals surface area contributed by atoms with Gasteiger partial charge in [0.05, 0.1) is 11.3 Å². The van der Waals surface area contributed by atoms with Crippen molar-refractivity contribution in [1.29, 1.82) is 0 Å². The second kappa shape index (κ2) is 8.16. The van der Waals surface area contributed by atoms with Crippen molar-refractivity contribution in [3.63, 3.8) is 0 Å². The standard InChI is InChI=1S/C17H23ClN2O.ClH/c18-9-8-13-11-16-15(7-4-10-19-16)17(21)20(12-13)14-5-2-1-3-6-14;/h4,7,10,13-14H,1-3,5-6,8-9,11-12H2;1H. The minimum absolute atomic E-state index is 0. The van der Waals surface area contributed by atoms with Crippen molar-refractivity contribution in [3.8, 4) is 0 Å². The van der Waals surface area contributed by atoms with E-state index >= 15 is 0 Å². The number of pyridine rings is 1. The summed E-state index contributed by atoms with van der Waals surface area (Å²) in [5, 5.41) is 0. The zero-order valence-corrected chi connectivity index (χ0v) is 14.4. The second-order valence-corrected chi connectivity index (χ2v) is 6.67. The fraction of sp³-hybridized carbons (Fsp3) is 0.647. The molecule has 1 aromatic heterocycles. The maximum Gasteiger partial charge on any atom is 0.255 e. The molecule has 1 atom stereocenters. The summed E-state index contributed by atoms with van der Waals surface area (Å²) in [7, 11) is 0. The molecule has 0 aromatic carbocycles. The number of hydrogen-bond acceptors (Lipinski definition) is 2. The Morgan fingerprint density at radius 3 is 2.77 bits per heavy atom. The highest BCUT2D eigenvalue weighted by Crippen LogP contribution is 2.29. The Kier molecular flexibility index (Phi) is 6.51. The zero-order valence-electron chi connectivity index (χ0n) is 12.8. The lowest BCUT2D eigenvalue weighted by Crippen LogP contribution is -2.43. The minimum atomic E-state index is 0. The molecule has 0 N–H and O–H groups in total. The smallest absolute Gasteiger partial charge is 0.255 e. The molecule has 0 radical (unpaired) electrons. The molecular formula is C17H24Cl2N2O. The van der Waals surface area contributed by atoms with Gasteiger partial charge in [-0.25, -0.2) is 0 Å². The van der Waals surface area contributed by atoms with Gasteiger partial charge in [0.25, 0.3) is 5.91 Å². The highest BCUT2D eigenvalue weighted by atomic mass is 35.5. The first kappa shape index (κ1) is 17.6. The number of alkyl halides is 1. The van der Waals surface area contributed by atoms with Gasteiger partial charge in [0.1, 0.15) is 0 Å². The van der Waals surface area contributed by atoms with E-state index in [0.29, 0.717) is 17.8 Å². The predicted octanol–water partition coefficient (Wildman–Crippen LogP) is 4.08. The average Bonchev–Trinajstić information content (AvgIpc) is 2.66. The molecule has 122 valence electrons. The SMILES string of the molecule is Cl.O=C1c2cccnc2CC(CCCl)CN1C1CCCCC1. The molecule has 3 rings (SSSR count). The summed E-state index contributed by atoms with van der Waals surface area (Å²) >= 11 is 5.96. The van der Waals surface area contributed by atoms with Crippen LogP contribution in [0.15, 0.2) is 18.3 Å². The van der Waals surface area contributed by atoms with E-state index in [1.54, 1.807) is 6.20 Å². The summed E-state index contributed by atoms with van der Waals surface area (Å²) < 4.78 is 0. The number of aromatic nitrogens is 1. The van der Waals surface area contributed by atoms with Crippen molar-refractivity contribution in [2.75, 3.05) is 12.4 Å². The quantitative estimate of drug-likeness (QED) is 0.775. The minimum Gasteiger partial charge on any atom is -0.335 e. The number of halogens is 2. The van der Waals surface area contributed by atoms with E-state index in [-0.39, 0.29) is 18.3 Å². The van der Waals surface area contributed by atoms with Gasteiger partial charge in [0.15, 0.2) is 0 Å². The summed E-state index contributed by atoms with van der Waals surface area (Å²) in [6.07, 6.45) is 9.71. The fourth-order valence-electron chi connectivity index (χ4n) is 3.70. The van der Waals surface area contributed by atoms with E-state index < -0.39 is 0 Å². The summed E-state index contributed by atoms with van der Waals surface area (Å²) in [6, 6.07) is 4.22. The van der Waals surface area contributed by atoms with E-state index in [2.05, 4.69) is 9.88 Å². The molecule has 0 saturated heterocycles. The molecule has 1 fully saturated rings. The predicted molar refractivity (Wildman–Crippen MR) is 91.9 cm³/mol. The zero-order chi connectivity index (χ0) is 14.7. The van der Waals surface area contributed by atoms with Crippen molar-refractivity contribution in [1.82, 2.24) is 9.88 Å². The summed E-state index contributed by atoms with van der Waals surface area (Å²) in [4.78, 5) is 19.5.